The molecule has 0 bridgehead atoms. The van der Waals surface area contributed by atoms with E-state index in [0.717, 1.165) is 14.5 Å². The van der Waals surface area contributed by atoms with Gasteiger partial charge in [-0.2, -0.15) is 0 Å². The molecule has 0 aliphatic carbocycles. The molecule has 1 unspecified atom stereocenters. The summed E-state index contributed by atoms with van der Waals surface area (Å²) >= 11 is 6.80. The topological polar surface area (TPSA) is 40.6 Å². The third kappa shape index (κ3) is 3.31. The monoisotopic (exact) mass is 484 g/mol. The molecule has 1 aliphatic rings. The lowest BCUT2D eigenvalue weighted by Gasteiger charge is -2.22. The van der Waals surface area contributed by atoms with Gasteiger partial charge in [0.15, 0.2) is 0 Å². The Morgan fingerprint density at radius 1 is 0.667 bits per heavy atom. The van der Waals surface area contributed by atoms with Gasteiger partial charge in [-0.3, -0.25) is 9.69 Å². The van der Waals surface area contributed by atoms with Crippen molar-refractivity contribution in [2.75, 3.05) is 9.80 Å². The van der Waals surface area contributed by atoms with Crippen molar-refractivity contribution < 1.29 is 9.59 Å². The van der Waals surface area contributed by atoms with Crippen LogP contribution in [0, 0.1) is 0 Å². The summed E-state index contributed by atoms with van der Waals surface area (Å²) in [7, 11) is 0. The molecule has 0 N–H and O–H groups in total. The molecule has 4 nitrogen and oxygen atoms in total. The van der Waals surface area contributed by atoms with Gasteiger partial charge in [-0.05, 0) is 54.1 Å². The van der Waals surface area contributed by atoms with Crippen molar-refractivity contribution in [2.45, 2.75) is 6.04 Å². The van der Waals surface area contributed by atoms with Crippen LogP contribution in [0.15, 0.2) is 87.8 Å². The summed E-state index contributed by atoms with van der Waals surface area (Å²) in [6, 6.07) is 22.8. The average Bonchev–Trinajstić information content (AvgIpc) is 2.94. The van der Waals surface area contributed by atoms with Gasteiger partial charge < -0.3 is 0 Å². The van der Waals surface area contributed by atoms with Crippen LogP contribution in [0.1, 0.15) is 11.6 Å². The second-order valence-electron chi connectivity index (χ2n) is 6.09. The van der Waals surface area contributed by atoms with E-state index < -0.39 is 6.04 Å². The van der Waals surface area contributed by atoms with Crippen LogP contribution in [0.25, 0.3) is 0 Å². The highest BCUT2D eigenvalue weighted by Crippen LogP contribution is 2.38. The molecule has 1 fully saturated rings. The highest BCUT2D eigenvalue weighted by molar-refractivity contribution is 9.10. The first-order valence-corrected chi connectivity index (χ1v) is 9.88. The average molecular weight is 486 g/mol. The number of carbonyl (C=O) groups excluding carboxylic acids is 2. The van der Waals surface area contributed by atoms with Gasteiger partial charge in [0, 0.05) is 14.6 Å². The first-order valence-electron chi connectivity index (χ1n) is 8.29. The van der Waals surface area contributed by atoms with Gasteiger partial charge in [-0.15, -0.1) is 0 Å². The molecule has 27 heavy (non-hydrogen) atoms. The molecule has 4 rings (SSSR count). The van der Waals surface area contributed by atoms with Crippen LogP contribution < -0.4 is 9.80 Å². The van der Waals surface area contributed by atoms with Crippen LogP contribution in [-0.2, 0) is 4.79 Å². The van der Waals surface area contributed by atoms with Crippen molar-refractivity contribution in [2.24, 2.45) is 0 Å². The summed E-state index contributed by atoms with van der Waals surface area (Å²) in [4.78, 5) is 29.4. The molecule has 134 valence electrons. The van der Waals surface area contributed by atoms with Crippen LogP contribution in [0.4, 0.5) is 16.2 Å². The van der Waals surface area contributed by atoms with Crippen molar-refractivity contribution >= 4 is 55.2 Å². The summed E-state index contributed by atoms with van der Waals surface area (Å²) < 4.78 is 1.79. The van der Waals surface area contributed by atoms with Crippen LogP contribution in [-0.4, -0.2) is 11.9 Å². The van der Waals surface area contributed by atoms with Crippen LogP contribution in [0.3, 0.4) is 0 Å². The lowest BCUT2D eigenvalue weighted by Crippen LogP contribution is -2.33. The van der Waals surface area contributed by atoms with Crippen molar-refractivity contribution in [3.63, 3.8) is 0 Å². The molecule has 6 heteroatoms. The van der Waals surface area contributed by atoms with E-state index in [1.165, 1.54) is 4.90 Å². The minimum Gasteiger partial charge on any atom is -0.277 e. The number of benzene rings is 3. The van der Waals surface area contributed by atoms with Gasteiger partial charge in [0.2, 0.25) is 0 Å². The van der Waals surface area contributed by atoms with E-state index >= 15 is 0 Å². The number of hydrogen-bond acceptors (Lipinski definition) is 2. The van der Waals surface area contributed by atoms with E-state index in [1.54, 1.807) is 17.0 Å². The fourth-order valence-electron chi connectivity index (χ4n) is 3.16. The van der Waals surface area contributed by atoms with Crippen LogP contribution in [0.2, 0.25) is 0 Å². The number of carbonyl (C=O) groups is 2. The Morgan fingerprint density at radius 2 is 1.19 bits per heavy atom. The molecule has 1 saturated heterocycles. The maximum absolute atomic E-state index is 13.3. The predicted molar refractivity (Wildman–Crippen MR) is 113 cm³/mol. The number of hydrogen-bond donors (Lipinski definition) is 0. The Hall–Kier alpha value is -2.44. The smallest absolute Gasteiger partial charge is 0.277 e. The van der Waals surface area contributed by atoms with E-state index in [-0.39, 0.29) is 11.9 Å². The third-order valence-corrected chi connectivity index (χ3v) is 5.47. The molecule has 3 amide bonds. The Morgan fingerprint density at radius 3 is 1.74 bits per heavy atom. The Kier molecular flexibility index (Phi) is 4.85. The first-order chi connectivity index (χ1) is 13.1. The lowest BCUT2D eigenvalue weighted by atomic mass is 10.1. The van der Waals surface area contributed by atoms with Gasteiger partial charge in [-0.1, -0.05) is 62.2 Å². The quantitative estimate of drug-likeness (QED) is 0.431. The summed E-state index contributed by atoms with van der Waals surface area (Å²) in [5, 5.41) is 0. The summed E-state index contributed by atoms with van der Waals surface area (Å²) in [5.74, 6) is -0.267. The Bertz CT molecular complexity index is 989. The highest BCUT2D eigenvalue weighted by Gasteiger charge is 2.47. The SMILES string of the molecule is O=C1C(c2ccccc2)N(c2ccc(Br)cc2)C(=O)N1c1ccc(Br)cc1. The zero-order valence-corrected chi connectivity index (χ0v) is 17.2. The molecular weight excluding hydrogens is 472 g/mol. The Balaban J connectivity index is 1.83. The standard InChI is InChI=1S/C21H14Br2N2O2/c22-15-6-10-17(11-7-15)24-19(14-4-2-1-3-5-14)20(26)25(21(24)27)18-12-8-16(23)9-13-18/h1-13,19H. The second-order valence-corrected chi connectivity index (χ2v) is 7.92. The number of halogens is 2. The highest BCUT2D eigenvalue weighted by atomic mass is 79.9. The predicted octanol–water partition coefficient (Wildman–Crippen LogP) is 5.93. The van der Waals surface area contributed by atoms with E-state index in [9.17, 15) is 9.59 Å². The number of rotatable bonds is 3. The van der Waals surface area contributed by atoms with Gasteiger partial charge in [-0.25, -0.2) is 9.69 Å². The van der Waals surface area contributed by atoms with Crippen molar-refractivity contribution in [1.29, 1.82) is 0 Å². The molecule has 1 heterocycles. The van der Waals surface area contributed by atoms with Gasteiger partial charge >= 0.3 is 6.03 Å². The molecule has 0 radical (unpaired) electrons. The molecule has 0 aromatic heterocycles. The number of imide groups is 1. The summed E-state index contributed by atoms with van der Waals surface area (Å²) in [6.07, 6.45) is 0. The van der Waals surface area contributed by atoms with Gasteiger partial charge in [0.25, 0.3) is 5.91 Å². The lowest BCUT2D eigenvalue weighted by molar-refractivity contribution is -0.118. The van der Waals surface area contributed by atoms with E-state index in [2.05, 4.69) is 31.9 Å². The number of anilines is 2. The van der Waals surface area contributed by atoms with Gasteiger partial charge in [0.05, 0.1) is 5.69 Å². The van der Waals surface area contributed by atoms with Crippen molar-refractivity contribution in [1.82, 2.24) is 0 Å². The van der Waals surface area contributed by atoms with Crippen molar-refractivity contribution in [3.8, 4) is 0 Å². The maximum Gasteiger partial charge on any atom is 0.336 e. The van der Waals surface area contributed by atoms with Gasteiger partial charge in [0.1, 0.15) is 6.04 Å². The largest absolute Gasteiger partial charge is 0.336 e. The number of urea groups is 1. The van der Waals surface area contributed by atoms with E-state index in [4.69, 9.17) is 0 Å². The maximum atomic E-state index is 13.3. The zero-order chi connectivity index (χ0) is 19.0. The molecule has 3 aromatic rings. The van der Waals surface area contributed by atoms with E-state index in [1.807, 2.05) is 66.7 Å². The normalized spacial score (nSPS) is 16.9. The first kappa shape index (κ1) is 17.9. The summed E-state index contributed by atoms with van der Waals surface area (Å²) in [5.41, 5.74) is 2.00. The fourth-order valence-corrected chi connectivity index (χ4v) is 3.69. The number of amides is 3. The third-order valence-electron chi connectivity index (χ3n) is 4.41. The minimum absolute atomic E-state index is 0.267. The van der Waals surface area contributed by atoms with Crippen LogP contribution in [0.5, 0.6) is 0 Å². The molecule has 1 atom stereocenters. The Labute approximate surface area is 173 Å². The van der Waals surface area contributed by atoms with Crippen LogP contribution >= 0.6 is 31.9 Å². The molecule has 1 aliphatic heterocycles. The summed E-state index contributed by atoms with van der Waals surface area (Å²) in [6.45, 7) is 0. The molecular formula is C21H14Br2N2O2. The molecule has 0 saturated carbocycles. The zero-order valence-electron chi connectivity index (χ0n) is 14.0. The van der Waals surface area contributed by atoms with Crippen molar-refractivity contribution in [3.05, 3.63) is 93.4 Å². The number of nitrogens with zero attached hydrogens (tertiary/aromatic N) is 2. The molecule has 3 aromatic carbocycles. The second kappa shape index (κ2) is 7.29. The van der Waals surface area contributed by atoms with E-state index in [0.29, 0.717) is 11.4 Å². The fraction of sp³-hybridized carbons (Fsp3) is 0.0476. The molecule has 0 spiro atoms. The minimum atomic E-state index is -0.705.